The number of carbonyl (C=O) groups excluding carboxylic acids is 1. The molecule has 2 aromatic rings. The average molecular weight is 279 g/mol. The van der Waals surface area contributed by atoms with Gasteiger partial charge in [0.25, 0.3) is 0 Å². The van der Waals surface area contributed by atoms with Gasteiger partial charge in [-0.25, -0.2) is 4.79 Å². The topological polar surface area (TPSA) is 66.4 Å². The fraction of sp³-hybridized carbons (Fsp3) is 0.0588. The fourth-order valence-electron chi connectivity index (χ4n) is 2.61. The van der Waals surface area contributed by atoms with E-state index in [1.165, 1.54) is 5.56 Å². The van der Waals surface area contributed by atoms with Crippen molar-refractivity contribution in [2.75, 3.05) is 5.32 Å². The predicted molar refractivity (Wildman–Crippen MR) is 80.1 cm³/mol. The van der Waals surface area contributed by atoms with Crippen molar-refractivity contribution in [3.63, 3.8) is 0 Å². The Kier molecular flexibility index (Phi) is 3.28. The third-order valence-corrected chi connectivity index (χ3v) is 3.45. The highest BCUT2D eigenvalue weighted by atomic mass is 16.4. The van der Waals surface area contributed by atoms with E-state index >= 15 is 0 Å². The number of rotatable bonds is 3. The summed E-state index contributed by atoms with van der Waals surface area (Å²) in [5.74, 6) is -1.59. The molecule has 0 saturated carbocycles. The third kappa shape index (κ3) is 2.56. The minimum absolute atomic E-state index is 0.449. The largest absolute Gasteiger partial charge is 0.478 e. The first-order valence-corrected chi connectivity index (χ1v) is 6.57. The monoisotopic (exact) mass is 279 g/mol. The van der Waals surface area contributed by atoms with Crippen molar-refractivity contribution in [2.45, 2.75) is 6.42 Å². The molecule has 104 valence electrons. The second-order valence-electron chi connectivity index (χ2n) is 4.83. The number of carbonyl (C=O) groups is 2. The van der Waals surface area contributed by atoms with Gasteiger partial charge in [0.2, 0.25) is 5.91 Å². The molecular weight excluding hydrogens is 266 g/mol. The van der Waals surface area contributed by atoms with E-state index in [0.717, 1.165) is 35.3 Å². The second-order valence-corrected chi connectivity index (χ2v) is 4.83. The van der Waals surface area contributed by atoms with Crippen LogP contribution in [-0.2, 0) is 16.0 Å². The van der Waals surface area contributed by atoms with E-state index in [1.807, 2.05) is 36.4 Å². The molecule has 0 spiro atoms. The van der Waals surface area contributed by atoms with Crippen molar-refractivity contribution in [3.05, 3.63) is 65.7 Å². The van der Waals surface area contributed by atoms with Crippen LogP contribution in [0.4, 0.5) is 5.69 Å². The highest BCUT2D eigenvalue weighted by Gasteiger charge is 2.21. The van der Waals surface area contributed by atoms with Gasteiger partial charge in [0.1, 0.15) is 0 Å². The number of aliphatic carboxylic acids is 1. The van der Waals surface area contributed by atoms with Crippen molar-refractivity contribution in [3.8, 4) is 11.1 Å². The van der Waals surface area contributed by atoms with Gasteiger partial charge >= 0.3 is 5.97 Å². The maximum Gasteiger partial charge on any atom is 0.328 e. The van der Waals surface area contributed by atoms with E-state index in [-0.39, 0.29) is 0 Å². The normalized spacial score (nSPS) is 12.0. The summed E-state index contributed by atoms with van der Waals surface area (Å²) in [5, 5.41) is 11.3. The van der Waals surface area contributed by atoms with Crippen LogP contribution in [0.15, 0.2) is 54.6 Å². The maximum absolute atomic E-state index is 11.8. The van der Waals surface area contributed by atoms with E-state index in [4.69, 9.17) is 5.11 Å². The molecule has 0 bridgehead atoms. The lowest BCUT2D eigenvalue weighted by molar-refractivity contribution is -0.131. The summed E-state index contributed by atoms with van der Waals surface area (Å²) in [6.07, 6.45) is 2.69. The van der Waals surface area contributed by atoms with Crippen molar-refractivity contribution in [1.82, 2.24) is 0 Å². The minimum atomic E-state index is -1.14. The van der Waals surface area contributed by atoms with Gasteiger partial charge in [-0.05, 0) is 29.2 Å². The first-order chi connectivity index (χ1) is 10.1. The molecule has 2 N–H and O–H groups in total. The molecule has 3 rings (SSSR count). The molecule has 21 heavy (non-hydrogen) atoms. The molecule has 2 aromatic carbocycles. The van der Waals surface area contributed by atoms with Gasteiger partial charge in [-0.3, -0.25) is 4.79 Å². The van der Waals surface area contributed by atoms with E-state index in [0.29, 0.717) is 5.69 Å². The Bertz CT molecular complexity index is 762. The summed E-state index contributed by atoms with van der Waals surface area (Å²) < 4.78 is 0. The molecular formula is C17H13NO3. The minimum Gasteiger partial charge on any atom is -0.478 e. The first-order valence-electron chi connectivity index (χ1n) is 6.57. The van der Waals surface area contributed by atoms with Crippen LogP contribution in [0.3, 0.4) is 0 Å². The van der Waals surface area contributed by atoms with Gasteiger partial charge in [-0.1, -0.05) is 36.4 Å². The number of carboxylic acids is 1. The van der Waals surface area contributed by atoms with Crippen LogP contribution < -0.4 is 5.32 Å². The smallest absolute Gasteiger partial charge is 0.328 e. The molecule has 0 unspecified atom stereocenters. The Balaban J connectivity index is 1.95. The van der Waals surface area contributed by atoms with Gasteiger partial charge in [-0.2, -0.15) is 0 Å². The highest BCUT2D eigenvalue weighted by Crippen LogP contribution is 2.41. The van der Waals surface area contributed by atoms with Crippen LogP contribution in [0.5, 0.6) is 0 Å². The maximum atomic E-state index is 11.8. The number of hydrogen-bond acceptors (Lipinski definition) is 2. The molecule has 4 heteroatoms. The number of anilines is 1. The van der Waals surface area contributed by atoms with Crippen molar-refractivity contribution >= 4 is 17.6 Å². The van der Waals surface area contributed by atoms with Gasteiger partial charge < -0.3 is 10.4 Å². The fourth-order valence-corrected chi connectivity index (χ4v) is 2.61. The van der Waals surface area contributed by atoms with E-state index in [2.05, 4.69) is 11.4 Å². The SMILES string of the molecule is O=C(O)/C=C/C(=O)Nc1cccc2c1-c1ccccc1C2. The zero-order valence-electron chi connectivity index (χ0n) is 11.2. The van der Waals surface area contributed by atoms with Crippen LogP contribution in [0.2, 0.25) is 0 Å². The molecule has 0 atom stereocenters. The molecule has 0 aromatic heterocycles. The number of carboxylic acid groups (broad SMARTS) is 1. The number of nitrogens with one attached hydrogen (secondary N) is 1. The molecule has 1 aliphatic carbocycles. The van der Waals surface area contributed by atoms with E-state index in [1.54, 1.807) is 0 Å². The lowest BCUT2D eigenvalue weighted by atomic mass is 10.0. The van der Waals surface area contributed by atoms with E-state index in [9.17, 15) is 9.59 Å². The van der Waals surface area contributed by atoms with E-state index < -0.39 is 11.9 Å². The lowest BCUT2D eigenvalue weighted by Gasteiger charge is -2.09. The summed E-state index contributed by atoms with van der Waals surface area (Å²) >= 11 is 0. The molecule has 0 fully saturated rings. The van der Waals surface area contributed by atoms with Crippen LogP contribution in [0.1, 0.15) is 11.1 Å². The van der Waals surface area contributed by atoms with Gasteiger partial charge in [0.05, 0.1) is 0 Å². The number of fused-ring (bicyclic) bond motifs is 3. The van der Waals surface area contributed by atoms with Crippen molar-refractivity contribution in [2.24, 2.45) is 0 Å². The zero-order chi connectivity index (χ0) is 14.8. The Morgan fingerprint density at radius 1 is 1.00 bits per heavy atom. The molecule has 0 heterocycles. The Morgan fingerprint density at radius 3 is 2.57 bits per heavy atom. The lowest BCUT2D eigenvalue weighted by Crippen LogP contribution is -2.09. The van der Waals surface area contributed by atoms with Gasteiger partial charge in [-0.15, -0.1) is 0 Å². The summed E-state index contributed by atoms with van der Waals surface area (Å²) in [7, 11) is 0. The predicted octanol–water partition coefficient (Wildman–Crippen LogP) is 2.84. The number of amides is 1. The molecule has 0 saturated heterocycles. The van der Waals surface area contributed by atoms with Crippen LogP contribution in [-0.4, -0.2) is 17.0 Å². The number of hydrogen-bond donors (Lipinski definition) is 2. The summed E-state index contributed by atoms with van der Waals surface area (Å²) in [4.78, 5) is 22.2. The van der Waals surface area contributed by atoms with Crippen LogP contribution in [0, 0.1) is 0 Å². The van der Waals surface area contributed by atoms with Crippen molar-refractivity contribution < 1.29 is 14.7 Å². The Labute approximate surface area is 121 Å². The first kappa shape index (κ1) is 13.1. The second kappa shape index (κ2) is 5.25. The summed E-state index contributed by atoms with van der Waals surface area (Å²) in [6.45, 7) is 0. The summed E-state index contributed by atoms with van der Waals surface area (Å²) in [5.41, 5.74) is 5.24. The van der Waals surface area contributed by atoms with Crippen LogP contribution >= 0.6 is 0 Å². The number of benzene rings is 2. The van der Waals surface area contributed by atoms with Crippen molar-refractivity contribution in [1.29, 1.82) is 0 Å². The Hall–Kier alpha value is -2.88. The molecule has 1 aliphatic rings. The zero-order valence-corrected chi connectivity index (χ0v) is 11.2. The van der Waals surface area contributed by atoms with Gasteiger partial charge in [0, 0.05) is 23.4 Å². The molecule has 4 nitrogen and oxygen atoms in total. The van der Waals surface area contributed by atoms with Gasteiger partial charge in [0.15, 0.2) is 0 Å². The summed E-state index contributed by atoms with van der Waals surface area (Å²) in [6, 6.07) is 13.8. The molecule has 1 amide bonds. The quantitative estimate of drug-likeness (QED) is 0.724. The Morgan fingerprint density at radius 2 is 1.76 bits per heavy atom. The van der Waals surface area contributed by atoms with Crippen LogP contribution in [0.25, 0.3) is 11.1 Å². The molecule has 0 aliphatic heterocycles. The highest BCUT2D eigenvalue weighted by molar-refractivity contribution is 6.05. The molecule has 0 radical (unpaired) electrons. The average Bonchev–Trinajstić information content (AvgIpc) is 2.84. The standard InChI is InChI=1S/C17H13NO3/c19-15(8-9-16(20)21)18-14-7-3-5-12-10-11-4-1-2-6-13(11)17(12)14/h1-9H,10H2,(H,18,19)(H,20,21)/b9-8+. The third-order valence-electron chi connectivity index (χ3n) is 3.45.